The zero-order valence-corrected chi connectivity index (χ0v) is 20.2. The summed E-state index contributed by atoms with van der Waals surface area (Å²) in [5.74, 6) is 0.460. The zero-order valence-electron chi connectivity index (χ0n) is 15.7. The van der Waals surface area contributed by atoms with Gasteiger partial charge in [0.1, 0.15) is 12.4 Å². The molecular weight excluding hydrogens is 581 g/mol. The number of ether oxygens (including phenoxy) is 1. The molecule has 5 nitrogen and oxygen atoms in total. The van der Waals surface area contributed by atoms with Gasteiger partial charge < -0.3 is 10.1 Å². The van der Waals surface area contributed by atoms with E-state index in [1.807, 2.05) is 66.7 Å². The van der Waals surface area contributed by atoms with Gasteiger partial charge in [-0.3, -0.25) is 4.79 Å². The van der Waals surface area contributed by atoms with Crippen LogP contribution in [0.3, 0.4) is 0 Å². The lowest BCUT2D eigenvalue weighted by atomic mass is 10.2. The Kier molecular flexibility index (Phi) is 8.53. The van der Waals surface area contributed by atoms with Gasteiger partial charge in [0.25, 0.3) is 5.91 Å². The minimum absolute atomic E-state index is 0.135. The number of carbonyl (C=O) groups is 1. The summed E-state index contributed by atoms with van der Waals surface area (Å²) in [6, 6.07) is 20.9. The van der Waals surface area contributed by atoms with Gasteiger partial charge in [-0.1, -0.05) is 29.8 Å². The number of benzene rings is 3. The third-order valence-corrected chi connectivity index (χ3v) is 5.70. The number of nitrogens with zero attached hydrogens (tertiary/aromatic N) is 1. The number of hydrogen-bond donors (Lipinski definition) is 2. The Bertz CT molecular complexity index is 1040. The molecule has 0 aliphatic carbocycles. The third kappa shape index (κ3) is 7.00. The quantitative estimate of drug-likeness (QED) is 0.194. The fraction of sp³-hybridized carbons (Fsp3) is 0.0909. The molecule has 154 valence electrons. The zero-order chi connectivity index (χ0) is 21.3. The van der Waals surface area contributed by atoms with Gasteiger partial charge in [-0.25, -0.2) is 5.43 Å². The molecule has 0 heterocycles. The Morgan fingerprint density at radius 1 is 1.13 bits per heavy atom. The van der Waals surface area contributed by atoms with Crippen molar-refractivity contribution in [3.63, 3.8) is 0 Å². The first kappa shape index (κ1) is 22.6. The smallest absolute Gasteiger partial charge is 0.259 e. The molecule has 2 N–H and O–H groups in total. The van der Waals surface area contributed by atoms with Gasteiger partial charge in [-0.15, -0.1) is 0 Å². The molecule has 0 saturated heterocycles. The Morgan fingerprint density at radius 3 is 2.63 bits per heavy atom. The normalized spacial score (nSPS) is 10.8. The molecule has 0 fully saturated rings. The molecule has 30 heavy (non-hydrogen) atoms. The van der Waals surface area contributed by atoms with Crippen molar-refractivity contribution in [2.75, 3.05) is 11.9 Å². The van der Waals surface area contributed by atoms with Crippen molar-refractivity contribution in [2.24, 2.45) is 5.10 Å². The Labute approximate surface area is 202 Å². The van der Waals surface area contributed by atoms with Gasteiger partial charge in [-0.2, -0.15) is 5.10 Å². The fourth-order valence-electron chi connectivity index (χ4n) is 2.45. The van der Waals surface area contributed by atoms with Crippen molar-refractivity contribution < 1.29 is 9.53 Å². The van der Waals surface area contributed by atoms with Crippen LogP contribution in [0.1, 0.15) is 11.1 Å². The molecule has 0 atom stereocenters. The molecule has 0 aromatic heterocycles. The number of halogens is 3. The van der Waals surface area contributed by atoms with E-state index in [1.165, 1.54) is 0 Å². The summed E-state index contributed by atoms with van der Waals surface area (Å²) in [4.78, 5) is 11.9. The molecule has 0 spiro atoms. The highest BCUT2D eigenvalue weighted by Gasteiger charge is 2.05. The maximum Gasteiger partial charge on any atom is 0.259 e. The van der Waals surface area contributed by atoms with Crippen LogP contribution in [-0.4, -0.2) is 18.7 Å². The number of nitrogens with one attached hydrogen (secondary N) is 2. The van der Waals surface area contributed by atoms with Crippen LogP contribution in [0.4, 0.5) is 5.69 Å². The van der Waals surface area contributed by atoms with Crippen molar-refractivity contribution >= 4 is 67.9 Å². The number of anilines is 1. The van der Waals surface area contributed by atoms with Crippen molar-refractivity contribution in [2.45, 2.75) is 6.61 Å². The van der Waals surface area contributed by atoms with Crippen molar-refractivity contribution in [1.82, 2.24) is 5.43 Å². The van der Waals surface area contributed by atoms with Crippen LogP contribution in [0, 0.1) is 3.57 Å². The van der Waals surface area contributed by atoms with Gasteiger partial charge in [0.15, 0.2) is 0 Å². The first-order valence-corrected chi connectivity index (χ1v) is 11.2. The summed E-state index contributed by atoms with van der Waals surface area (Å²) in [5.41, 5.74) is 5.12. The minimum Gasteiger partial charge on any atom is -0.488 e. The molecule has 0 aliphatic rings. The van der Waals surface area contributed by atoms with Crippen molar-refractivity contribution in [3.05, 3.63) is 90.9 Å². The number of amides is 1. The Hall–Kier alpha value is -2.10. The van der Waals surface area contributed by atoms with E-state index in [0.29, 0.717) is 17.4 Å². The molecule has 0 saturated carbocycles. The predicted octanol–water partition coefficient (Wildman–Crippen LogP) is 5.85. The van der Waals surface area contributed by atoms with Crippen LogP contribution in [-0.2, 0) is 11.4 Å². The van der Waals surface area contributed by atoms with Crippen LogP contribution in [0.25, 0.3) is 0 Å². The van der Waals surface area contributed by atoms with Crippen molar-refractivity contribution in [3.8, 4) is 5.75 Å². The number of hydrogen-bond acceptors (Lipinski definition) is 4. The van der Waals surface area contributed by atoms with Gasteiger partial charge in [0.2, 0.25) is 0 Å². The standard InChI is InChI=1S/C22H18BrClIN3O2/c23-19-11-15(5-10-21(19)30-14-16-3-1-2-4-20(16)24)12-27-28-22(29)13-26-18-8-6-17(25)7-9-18/h1-12,26H,13-14H2,(H,28,29)/b27-12-. The monoisotopic (exact) mass is 597 g/mol. The summed E-state index contributed by atoms with van der Waals surface area (Å²) in [6.07, 6.45) is 1.57. The molecule has 0 unspecified atom stereocenters. The molecule has 3 rings (SSSR count). The van der Waals surface area contributed by atoms with Crippen LogP contribution < -0.4 is 15.5 Å². The van der Waals surface area contributed by atoms with E-state index in [4.69, 9.17) is 16.3 Å². The average Bonchev–Trinajstić information content (AvgIpc) is 2.74. The van der Waals surface area contributed by atoms with E-state index in [1.54, 1.807) is 6.21 Å². The topological polar surface area (TPSA) is 62.7 Å². The van der Waals surface area contributed by atoms with Crippen LogP contribution in [0.15, 0.2) is 76.3 Å². The second kappa shape index (κ2) is 11.3. The fourth-order valence-corrected chi connectivity index (χ4v) is 3.51. The van der Waals surface area contributed by atoms with E-state index in [2.05, 4.69) is 54.4 Å². The SMILES string of the molecule is O=C(CNc1ccc(I)cc1)N/N=C\c1ccc(OCc2ccccc2Cl)c(Br)c1. The maximum absolute atomic E-state index is 11.9. The molecule has 1 amide bonds. The lowest BCUT2D eigenvalue weighted by molar-refractivity contribution is -0.119. The first-order valence-electron chi connectivity index (χ1n) is 8.98. The summed E-state index contributed by atoms with van der Waals surface area (Å²) in [6.45, 7) is 0.506. The van der Waals surface area contributed by atoms with Crippen molar-refractivity contribution in [1.29, 1.82) is 0 Å². The number of rotatable bonds is 8. The average molecular weight is 599 g/mol. The van der Waals surface area contributed by atoms with E-state index >= 15 is 0 Å². The first-order chi connectivity index (χ1) is 14.5. The largest absolute Gasteiger partial charge is 0.488 e. The summed E-state index contributed by atoms with van der Waals surface area (Å²) in [5, 5.41) is 7.72. The highest BCUT2D eigenvalue weighted by atomic mass is 127. The van der Waals surface area contributed by atoms with E-state index < -0.39 is 0 Å². The van der Waals surface area contributed by atoms with Crippen LogP contribution in [0.2, 0.25) is 5.02 Å². The van der Waals surface area contributed by atoms with Gasteiger partial charge in [-0.05, 0) is 92.6 Å². The molecular formula is C22H18BrClIN3O2. The minimum atomic E-state index is -0.233. The van der Waals surface area contributed by atoms with Crippen LogP contribution >= 0.6 is 50.1 Å². The maximum atomic E-state index is 11.9. The second-order valence-corrected chi connectivity index (χ2v) is 8.73. The summed E-state index contributed by atoms with van der Waals surface area (Å²) >= 11 is 11.9. The lowest BCUT2D eigenvalue weighted by Crippen LogP contribution is -2.25. The molecule has 0 aliphatic heterocycles. The molecule has 3 aromatic carbocycles. The second-order valence-electron chi connectivity index (χ2n) is 6.22. The summed E-state index contributed by atoms with van der Waals surface area (Å²) in [7, 11) is 0. The lowest BCUT2D eigenvalue weighted by Gasteiger charge is -2.10. The highest BCUT2D eigenvalue weighted by Crippen LogP contribution is 2.27. The Morgan fingerprint density at radius 2 is 1.90 bits per heavy atom. The number of carbonyl (C=O) groups excluding carboxylic acids is 1. The highest BCUT2D eigenvalue weighted by molar-refractivity contribution is 14.1. The van der Waals surface area contributed by atoms with Gasteiger partial charge >= 0.3 is 0 Å². The number of hydrazone groups is 1. The van der Waals surface area contributed by atoms with E-state index in [9.17, 15) is 4.79 Å². The predicted molar refractivity (Wildman–Crippen MR) is 133 cm³/mol. The molecule has 8 heteroatoms. The van der Waals surface area contributed by atoms with Gasteiger partial charge in [0, 0.05) is 19.8 Å². The van der Waals surface area contributed by atoms with E-state index in [0.717, 1.165) is 24.9 Å². The molecule has 0 radical (unpaired) electrons. The summed E-state index contributed by atoms with van der Waals surface area (Å²) < 4.78 is 7.75. The van der Waals surface area contributed by atoms with E-state index in [-0.39, 0.29) is 12.5 Å². The Balaban J connectivity index is 1.48. The molecule has 0 bridgehead atoms. The van der Waals surface area contributed by atoms with Gasteiger partial charge in [0.05, 0.1) is 17.2 Å². The molecule has 3 aromatic rings. The van der Waals surface area contributed by atoms with Crippen LogP contribution in [0.5, 0.6) is 5.75 Å². The third-order valence-electron chi connectivity index (χ3n) is 4.00.